The zero-order valence-electron chi connectivity index (χ0n) is 11.8. The van der Waals surface area contributed by atoms with Gasteiger partial charge in [-0.15, -0.1) is 0 Å². The normalized spacial score (nSPS) is 22.1. The van der Waals surface area contributed by atoms with E-state index in [1.807, 2.05) is 0 Å². The average Bonchev–Trinajstić information content (AvgIpc) is 3.18. The first kappa shape index (κ1) is 13.4. The van der Waals surface area contributed by atoms with Gasteiger partial charge >= 0.3 is 0 Å². The second-order valence-corrected chi connectivity index (χ2v) is 5.98. The zero-order chi connectivity index (χ0) is 12.1. The van der Waals surface area contributed by atoms with E-state index >= 15 is 0 Å². The lowest BCUT2D eigenvalue weighted by Crippen LogP contribution is -2.44. The fourth-order valence-corrected chi connectivity index (χ4v) is 2.69. The quantitative estimate of drug-likeness (QED) is 0.629. The van der Waals surface area contributed by atoms with E-state index < -0.39 is 0 Å². The van der Waals surface area contributed by atoms with Crippen molar-refractivity contribution in [1.82, 2.24) is 10.2 Å². The van der Waals surface area contributed by atoms with Crippen molar-refractivity contribution in [2.75, 3.05) is 19.6 Å². The minimum absolute atomic E-state index is 0.785. The maximum Gasteiger partial charge on any atom is 0.0223 e. The number of rotatable bonds is 10. The van der Waals surface area contributed by atoms with E-state index in [4.69, 9.17) is 0 Å². The van der Waals surface area contributed by atoms with Crippen LogP contribution in [-0.4, -0.2) is 36.6 Å². The second-order valence-electron chi connectivity index (χ2n) is 5.98. The van der Waals surface area contributed by atoms with E-state index in [1.165, 1.54) is 64.6 Å². The van der Waals surface area contributed by atoms with Crippen molar-refractivity contribution in [3.63, 3.8) is 0 Å². The number of hydrogen-bond donors (Lipinski definition) is 1. The van der Waals surface area contributed by atoms with E-state index in [-0.39, 0.29) is 0 Å². The summed E-state index contributed by atoms with van der Waals surface area (Å²) in [6.07, 6.45) is 9.81. The third kappa shape index (κ3) is 4.59. The van der Waals surface area contributed by atoms with Gasteiger partial charge in [0, 0.05) is 18.6 Å². The van der Waals surface area contributed by atoms with E-state index in [0.29, 0.717) is 0 Å². The van der Waals surface area contributed by atoms with Crippen LogP contribution < -0.4 is 5.32 Å². The summed E-state index contributed by atoms with van der Waals surface area (Å²) >= 11 is 0. The number of unbranched alkanes of at least 4 members (excludes halogenated alkanes) is 1. The Balaban J connectivity index is 1.76. The third-order valence-electron chi connectivity index (χ3n) is 4.14. The van der Waals surface area contributed by atoms with Crippen molar-refractivity contribution in [2.24, 2.45) is 5.92 Å². The fourth-order valence-electron chi connectivity index (χ4n) is 2.69. The molecule has 0 amide bonds. The summed E-state index contributed by atoms with van der Waals surface area (Å²) in [7, 11) is 0. The molecule has 2 aliphatic rings. The molecule has 2 nitrogen and oxygen atoms in total. The Bertz CT molecular complexity index is 187. The molecular formula is C15H30N2. The summed E-state index contributed by atoms with van der Waals surface area (Å²) in [6.45, 7) is 8.42. The number of nitrogens with one attached hydrogen (secondary N) is 1. The molecule has 0 aliphatic heterocycles. The third-order valence-corrected chi connectivity index (χ3v) is 4.14. The van der Waals surface area contributed by atoms with Crippen LogP contribution in [-0.2, 0) is 0 Å². The van der Waals surface area contributed by atoms with Gasteiger partial charge in [0.2, 0.25) is 0 Å². The highest BCUT2D eigenvalue weighted by Gasteiger charge is 2.35. The molecule has 0 aromatic rings. The summed E-state index contributed by atoms with van der Waals surface area (Å²) in [5.74, 6) is 0.990. The van der Waals surface area contributed by atoms with Gasteiger partial charge in [0.25, 0.3) is 0 Å². The molecule has 0 heterocycles. The summed E-state index contributed by atoms with van der Waals surface area (Å²) in [5.41, 5.74) is 0. The van der Waals surface area contributed by atoms with Crippen molar-refractivity contribution in [3.05, 3.63) is 0 Å². The monoisotopic (exact) mass is 238 g/mol. The van der Waals surface area contributed by atoms with Crippen LogP contribution in [0.1, 0.15) is 58.8 Å². The van der Waals surface area contributed by atoms with Gasteiger partial charge in [-0.1, -0.05) is 20.3 Å². The van der Waals surface area contributed by atoms with Gasteiger partial charge in [0.15, 0.2) is 0 Å². The lowest BCUT2D eigenvalue weighted by molar-refractivity contribution is 0.219. The molecule has 0 aromatic heterocycles. The molecule has 0 radical (unpaired) electrons. The summed E-state index contributed by atoms with van der Waals surface area (Å²) in [6, 6.07) is 1.72. The van der Waals surface area contributed by atoms with Gasteiger partial charge in [-0.3, -0.25) is 4.90 Å². The molecule has 0 spiro atoms. The Hall–Kier alpha value is -0.0800. The van der Waals surface area contributed by atoms with Gasteiger partial charge in [0.1, 0.15) is 0 Å². The topological polar surface area (TPSA) is 15.3 Å². The lowest BCUT2D eigenvalue weighted by Gasteiger charge is -2.28. The van der Waals surface area contributed by atoms with Crippen LogP contribution in [0.15, 0.2) is 0 Å². The average molecular weight is 238 g/mol. The number of nitrogens with zero attached hydrogens (tertiary/aromatic N) is 1. The molecule has 1 atom stereocenters. The molecule has 1 unspecified atom stereocenters. The Morgan fingerprint density at radius 3 is 2.41 bits per heavy atom. The molecule has 100 valence electrons. The first-order valence-electron chi connectivity index (χ1n) is 7.82. The highest BCUT2D eigenvalue weighted by atomic mass is 15.2. The van der Waals surface area contributed by atoms with Crippen molar-refractivity contribution < 1.29 is 0 Å². The molecule has 17 heavy (non-hydrogen) atoms. The van der Waals surface area contributed by atoms with Gasteiger partial charge < -0.3 is 5.32 Å². The highest BCUT2D eigenvalue weighted by Crippen LogP contribution is 2.35. The Morgan fingerprint density at radius 2 is 1.88 bits per heavy atom. The van der Waals surface area contributed by atoms with Crippen molar-refractivity contribution in [3.8, 4) is 0 Å². The molecule has 2 aliphatic carbocycles. The first-order chi connectivity index (χ1) is 8.35. The largest absolute Gasteiger partial charge is 0.312 e. The standard InChI is InChI=1S/C15H30N2/c1-3-5-11-17(14-8-9-14)12-15(13-6-7-13)16-10-4-2/h13-16H,3-12H2,1-2H3. The molecule has 1 N–H and O–H groups in total. The minimum Gasteiger partial charge on any atom is -0.312 e. The molecule has 0 bridgehead atoms. The molecular weight excluding hydrogens is 208 g/mol. The minimum atomic E-state index is 0.785. The van der Waals surface area contributed by atoms with Crippen LogP contribution in [0.5, 0.6) is 0 Å². The summed E-state index contributed by atoms with van der Waals surface area (Å²) in [5, 5.41) is 3.78. The molecule has 2 rings (SSSR count). The fraction of sp³-hybridized carbons (Fsp3) is 1.00. The Morgan fingerprint density at radius 1 is 1.12 bits per heavy atom. The molecule has 2 fully saturated rings. The van der Waals surface area contributed by atoms with Crippen molar-refractivity contribution in [1.29, 1.82) is 0 Å². The van der Waals surface area contributed by atoms with Crippen LogP contribution in [0.25, 0.3) is 0 Å². The Labute approximate surface area is 107 Å². The Kier molecular flexibility index (Phi) is 5.30. The predicted molar refractivity (Wildman–Crippen MR) is 74.3 cm³/mol. The number of hydrogen-bond acceptors (Lipinski definition) is 2. The SMILES string of the molecule is CCCCN(CC(NCCC)C1CC1)C1CC1. The van der Waals surface area contributed by atoms with Gasteiger partial charge in [0.05, 0.1) is 0 Å². The van der Waals surface area contributed by atoms with Crippen LogP contribution in [0.3, 0.4) is 0 Å². The van der Waals surface area contributed by atoms with Gasteiger partial charge in [-0.05, 0) is 57.5 Å². The van der Waals surface area contributed by atoms with E-state index in [1.54, 1.807) is 0 Å². The molecule has 2 saturated carbocycles. The maximum absolute atomic E-state index is 3.78. The smallest absolute Gasteiger partial charge is 0.0223 e. The van der Waals surface area contributed by atoms with Gasteiger partial charge in [-0.25, -0.2) is 0 Å². The van der Waals surface area contributed by atoms with Gasteiger partial charge in [-0.2, -0.15) is 0 Å². The lowest BCUT2D eigenvalue weighted by atomic mass is 10.1. The predicted octanol–water partition coefficient (Wildman–Crippen LogP) is 3.03. The highest BCUT2D eigenvalue weighted by molar-refractivity contribution is 4.92. The summed E-state index contributed by atoms with van der Waals surface area (Å²) < 4.78 is 0. The van der Waals surface area contributed by atoms with Crippen molar-refractivity contribution in [2.45, 2.75) is 70.9 Å². The van der Waals surface area contributed by atoms with E-state index in [2.05, 4.69) is 24.1 Å². The van der Waals surface area contributed by atoms with Crippen LogP contribution in [0.2, 0.25) is 0 Å². The van der Waals surface area contributed by atoms with Crippen LogP contribution >= 0.6 is 0 Å². The zero-order valence-corrected chi connectivity index (χ0v) is 11.8. The van der Waals surface area contributed by atoms with E-state index in [0.717, 1.165) is 18.0 Å². The van der Waals surface area contributed by atoms with Crippen molar-refractivity contribution >= 4 is 0 Å². The van der Waals surface area contributed by atoms with E-state index in [9.17, 15) is 0 Å². The molecule has 0 saturated heterocycles. The molecule has 2 heteroatoms. The van der Waals surface area contributed by atoms with Crippen LogP contribution in [0, 0.1) is 5.92 Å². The summed E-state index contributed by atoms with van der Waals surface area (Å²) in [4.78, 5) is 2.77. The maximum atomic E-state index is 3.78. The van der Waals surface area contributed by atoms with Crippen LogP contribution in [0.4, 0.5) is 0 Å². The molecule has 0 aromatic carbocycles. The first-order valence-corrected chi connectivity index (χ1v) is 7.82. The second kappa shape index (κ2) is 6.75.